The van der Waals surface area contributed by atoms with Crippen LogP contribution in [-0.4, -0.2) is 17.6 Å². The maximum absolute atomic E-state index is 13.2. The smallest absolute Gasteiger partial charge is 0.340 e. The van der Waals surface area contributed by atoms with Gasteiger partial charge in [-0.1, -0.05) is 0 Å². The van der Waals surface area contributed by atoms with Crippen LogP contribution in [0.1, 0.15) is 34.8 Å². The Morgan fingerprint density at radius 1 is 1.59 bits per heavy atom. The lowest BCUT2D eigenvalue weighted by atomic mass is 10.0. The molecule has 0 saturated heterocycles. The van der Waals surface area contributed by atoms with E-state index in [0.29, 0.717) is 0 Å². The Morgan fingerprint density at radius 2 is 2.24 bits per heavy atom. The quantitative estimate of drug-likeness (QED) is 0.651. The van der Waals surface area contributed by atoms with Crippen molar-refractivity contribution >= 4 is 5.97 Å². The first-order valence-corrected chi connectivity index (χ1v) is 4.85. The SMILES string of the molecule is CCOC(=O)c1cnc(F)c(CN)c1C(F)F. The van der Waals surface area contributed by atoms with E-state index in [2.05, 4.69) is 9.72 Å². The van der Waals surface area contributed by atoms with E-state index in [1.165, 1.54) is 6.92 Å². The maximum atomic E-state index is 13.2. The van der Waals surface area contributed by atoms with Crippen molar-refractivity contribution in [1.29, 1.82) is 0 Å². The molecule has 0 saturated carbocycles. The van der Waals surface area contributed by atoms with E-state index in [4.69, 9.17) is 5.73 Å². The van der Waals surface area contributed by atoms with Crippen molar-refractivity contribution in [3.05, 3.63) is 28.8 Å². The zero-order valence-electron chi connectivity index (χ0n) is 9.04. The standard InChI is InChI=1S/C10H11F3N2O2/c1-2-17-10(16)6-4-15-9(13)5(3-14)7(6)8(11)12/h4,8H,2-3,14H2,1H3. The Balaban J connectivity index is 3.35. The van der Waals surface area contributed by atoms with E-state index in [-0.39, 0.29) is 6.61 Å². The number of rotatable bonds is 4. The number of carbonyl (C=O) groups is 1. The fraction of sp³-hybridized carbons (Fsp3) is 0.400. The van der Waals surface area contributed by atoms with Crippen LogP contribution >= 0.6 is 0 Å². The van der Waals surface area contributed by atoms with Crippen LogP contribution in [0.4, 0.5) is 13.2 Å². The maximum Gasteiger partial charge on any atom is 0.340 e. The number of ether oxygens (including phenoxy) is 1. The largest absolute Gasteiger partial charge is 0.462 e. The highest BCUT2D eigenvalue weighted by atomic mass is 19.3. The summed E-state index contributed by atoms with van der Waals surface area (Å²) < 4.78 is 43.3. The third-order valence-electron chi connectivity index (χ3n) is 2.09. The Labute approximate surface area is 95.6 Å². The Kier molecular flexibility index (Phi) is 4.45. The third-order valence-corrected chi connectivity index (χ3v) is 2.09. The van der Waals surface area contributed by atoms with Gasteiger partial charge in [0.25, 0.3) is 6.43 Å². The predicted molar refractivity (Wildman–Crippen MR) is 53.0 cm³/mol. The fourth-order valence-electron chi connectivity index (χ4n) is 1.36. The minimum atomic E-state index is -3.02. The minimum Gasteiger partial charge on any atom is -0.462 e. The van der Waals surface area contributed by atoms with E-state index >= 15 is 0 Å². The molecule has 1 heterocycles. The molecule has 0 aliphatic carbocycles. The van der Waals surface area contributed by atoms with Crippen molar-refractivity contribution in [2.45, 2.75) is 19.9 Å². The van der Waals surface area contributed by atoms with Crippen molar-refractivity contribution in [2.24, 2.45) is 5.73 Å². The summed E-state index contributed by atoms with van der Waals surface area (Å²) in [6.45, 7) is 1.09. The first kappa shape index (κ1) is 13.4. The lowest BCUT2D eigenvalue weighted by Crippen LogP contribution is -2.15. The molecule has 4 nitrogen and oxygen atoms in total. The molecule has 0 aromatic carbocycles. The van der Waals surface area contributed by atoms with Crippen LogP contribution in [0.15, 0.2) is 6.20 Å². The van der Waals surface area contributed by atoms with Crippen molar-refractivity contribution in [1.82, 2.24) is 4.98 Å². The molecule has 0 aliphatic rings. The number of pyridine rings is 1. The molecule has 0 radical (unpaired) electrons. The van der Waals surface area contributed by atoms with Gasteiger partial charge in [-0.3, -0.25) is 0 Å². The molecule has 0 atom stereocenters. The number of halogens is 3. The zero-order chi connectivity index (χ0) is 13.0. The van der Waals surface area contributed by atoms with E-state index < -0.39 is 41.6 Å². The van der Waals surface area contributed by atoms with Gasteiger partial charge in [0.05, 0.1) is 12.2 Å². The highest BCUT2D eigenvalue weighted by molar-refractivity contribution is 5.91. The number of nitrogens with two attached hydrogens (primary N) is 1. The Bertz CT molecular complexity index is 424. The summed E-state index contributed by atoms with van der Waals surface area (Å²) in [7, 11) is 0. The molecule has 0 fully saturated rings. The summed E-state index contributed by atoms with van der Waals surface area (Å²) in [5.41, 5.74) is 3.49. The summed E-state index contributed by atoms with van der Waals surface area (Å²) in [6.07, 6.45) is -2.29. The second kappa shape index (κ2) is 5.62. The number of esters is 1. The minimum absolute atomic E-state index is 0.0246. The molecule has 0 amide bonds. The van der Waals surface area contributed by atoms with Crippen LogP contribution in [-0.2, 0) is 11.3 Å². The summed E-state index contributed by atoms with van der Waals surface area (Å²) >= 11 is 0. The third kappa shape index (κ3) is 2.73. The lowest BCUT2D eigenvalue weighted by molar-refractivity contribution is 0.0514. The van der Waals surface area contributed by atoms with Gasteiger partial charge in [0.1, 0.15) is 0 Å². The van der Waals surface area contributed by atoms with Crippen LogP contribution in [0.3, 0.4) is 0 Å². The first-order chi connectivity index (χ1) is 8.02. The van der Waals surface area contributed by atoms with Crippen LogP contribution in [0.5, 0.6) is 0 Å². The highest BCUT2D eigenvalue weighted by Crippen LogP contribution is 2.28. The molecule has 1 aromatic rings. The molecular weight excluding hydrogens is 237 g/mol. The molecule has 2 N–H and O–H groups in total. The fourth-order valence-corrected chi connectivity index (χ4v) is 1.36. The molecule has 0 aliphatic heterocycles. The van der Waals surface area contributed by atoms with Gasteiger partial charge in [-0.25, -0.2) is 18.6 Å². The highest BCUT2D eigenvalue weighted by Gasteiger charge is 2.25. The van der Waals surface area contributed by atoms with Gasteiger partial charge in [-0.15, -0.1) is 0 Å². The topological polar surface area (TPSA) is 65.2 Å². The second-order valence-electron chi connectivity index (χ2n) is 3.08. The second-order valence-corrected chi connectivity index (χ2v) is 3.08. The summed E-state index contributed by atoms with van der Waals surface area (Å²) in [6, 6.07) is 0. The van der Waals surface area contributed by atoms with Crippen LogP contribution < -0.4 is 5.73 Å². The molecule has 17 heavy (non-hydrogen) atoms. The molecule has 1 aromatic heterocycles. The number of nitrogens with zero attached hydrogens (tertiary/aromatic N) is 1. The summed E-state index contributed by atoms with van der Waals surface area (Å²) in [5, 5.41) is 0. The first-order valence-electron chi connectivity index (χ1n) is 4.85. The molecule has 7 heteroatoms. The summed E-state index contributed by atoms with van der Waals surface area (Å²) in [5.74, 6) is -2.07. The Morgan fingerprint density at radius 3 is 2.71 bits per heavy atom. The van der Waals surface area contributed by atoms with Gasteiger partial charge < -0.3 is 10.5 Å². The van der Waals surface area contributed by atoms with E-state index in [1.807, 2.05) is 0 Å². The molecule has 0 unspecified atom stereocenters. The van der Waals surface area contributed by atoms with Gasteiger partial charge in [0.15, 0.2) is 0 Å². The number of hydrogen-bond donors (Lipinski definition) is 1. The van der Waals surface area contributed by atoms with Crippen molar-refractivity contribution in [3.8, 4) is 0 Å². The average molecular weight is 248 g/mol. The van der Waals surface area contributed by atoms with Crippen molar-refractivity contribution in [2.75, 3.05) is 6.61 Å². The Hall–Kier alpha value is -1.63. The molecule has 1 rings (SSSR count). The molecular formula is C10H11F3N2O2. The van der Waals surface area contributed by atoms with Crippen LogP contribution in [0.2, 0.25) is 0 Å². The van der Waals surface area contributed by atoms with Gasteiger partial charge >= 0.3 is 5.97 Å². The van der Waals surface area contributed by atoms with Gasteiger partial charge in [-0.05, 0) is 6.92 Å². The van der Waals surface area contributed by atoms with Gasteiger partial charge in [-0.2, -0.15) is 4.39 Å². The van der Waals surface area contributed by atoms with E-state index in [1.54, 1.807) is 0 Å². The zero-order valence-corrected chi connectivity index (χ0v) is 9.04. The lowest BCUT2D eigenvalue weighted by Gasteiger charge is -2.12. The van der Waals surface area contributed by atoms with Gasteiger partial charge in [0.2, 0.25) is 5.95 Å². The normalized spacial score (nSPS) is 10.7. The monoisotopic (exact) mass is 248 g/mol. The number of hydrogen-bond acceptors (Lipinski definition) is 4. The molecule has 94 valence electrons. The van der Waals surface area contributed by atoms with Crippen molar-refractivity contribution in [3.63, 3.8) is 0 Å². The van der Waals surface area contributed by atoms with Gasteiger partial charge in [0, 0.05) is 23.9 Å². The average Bonchev–Trinajstić information content (AvgIpc) is 2.28. The number of alkyl halides is 2. The molecule has 0 spiro atoms. The molecule has 0 bridgehead atoms. The summed E-state index contributed by atoms with van der Waals surface area (Å²) in [4.78, 5) is 14.6. The predicted octanol–water partition coefficient (Wildman–Crippen LogP) is 1.79. The van der Waals surface area contributed by atoms with Crippen LogP contribution in [0, 0.1) is 5.95 Å². The van der Waals surface area contributed by atoms with E-state index in [9.17, 15) is 18.0 Å². The van der Waals surface area contributed by atoms with Crippen molar-refractivity contribution < 1.29 is 22.7 Å². The number of carbonyl (C=O) groups excluding carboxylic acids is 1. The van der Waals surface area contributed by atoms with Crippen LogP contribution in [0.25, 0.3) is 0 Å². The number of aromatic nitrogens is 1. The van der Waals surface area contributed by atoms with E-state index in [0.717, 1.165) is 6.20 Å².